The van der Waals surface area contributed by atoms with Crippen LogP contribution in [-0.2, 0) is 0 Å². The Morgan fingerprint density at radius 2 is 2.10 bits per heavy atom. The first kappa shape index (κ1) is 13.0. The van der Waals surface area contributed by atoms with Crippen molar-refractivity contribution >= 4 is 5.82 Å². The number of hydrogen-bond acceptors (Lipinski definition) is 3. The predicted molar refractivity (Wildman–Crippen MR) is 80.7 cm³/mol. The van der Waals surface area contributed by atoms with Gasteiger partial charge in [-0.25, -0.2) is 0 Å². The molecular weight excluding hydrogens is 250 g/mol. The number of benzene rings is 1. The smallest absolute Gasteiger partial charge is 0.130 e. The number of nitrogens with two attached hydrogens (primary N) is 1. The molecule has 0 bridgehead atoms. The Balaban J connectivity index is 1.95. The summed E-state index contributed by atoms with van der Waals surface area (Å²) in [5.74, 6) is 2.24. The fourth-order valence-electron chi connectivity index (χ4n) is 2.72. The van der Waals surface area contributed by atoms with Crippen LogP contribution in [0.1, 0.15) is 30.4 Å². The molecule has 1 aliphatic rings. The number of nitrogens with zero attached hydrogens (tertiary/aromatic N) is 1. The minimum absolute atomic E-state index is 0.587. The fourth-order valence-corrected chi connectivity index (χ4v) is 2.72. The van der Waals surface area contributed by atoms with Crippen molar-refractivity contribution in [2.24, 2.45) is 5.92 Å². The number of ether oxygens (including phenoxy) is 1. The average Bonchev–Trinajstić information content (AvgIpc) is 2.75. The largest absolute Gasteiger partial charge is 0.492 e. The SMILES string of the molecule is Cc1cc(C)c(OCC2CCC2)c(-c2cn[nH]c2N)c1. The van der Waals surface area contributed by atoms with E-state index in [2.05, 4.69) is 36.2 Å². The molecule has 4 heteroatoms. The minimum atomic E-state index is 0.587. The molecule has 1 heterocycles. The lowest BCUT2D eigenvalue weighted by Crippen LogP contribution is -2.19. The number of nitrogen functional groups attached to an aromatic ring is 1. The maximum Gasteiger partial charge on any atom is 0.130 e. The molecule has 106 valence electrons. The third-order valence-corrected chi connectivity index (χ3v) is 4.07. The van der Waals surface area contributed by atoms with Crippen LogP contribution in [0.25, 0.3) is 11.1 Å². The lowest BCUT2D eigenvalue weighted by molar-refractivity contribution is 0.180. The summed E-state index contributed by atoms with van der Waals surface area (Å²) in [5.41, 5.74) is 10.3. The number of anilines is 1. The highest BCUT2D eigenvalue weighted by Crippen LogP contribution is 2.37. The van der Waals surface area contributed by atoms with Crippen LogP contribution < -0.4 is 10.5 Å². The molecule has 2 aromatic rings. The Labute approximate surface area is 119 Å². The van der Waals surface area contributed by atoms with E-state index >= 15 is 0 Å². The maximum absolute atomic E-state index is 6.11. The molecule has 1 saturated carbocycles. The Morgan fingerprint density at radius 3 is 2.70 bits per heavy atom. The standard InChI is InChI=1S/C16H21N3O/c1-10-6-11(2)15(20-9-12-4-3-5-12)13(7-10)14-8-18-19-16(14)17/h6-8,12H,3-5,9H2,1-2H3,(H3,17,18,19). The van der Waals surface area contributed by atoms with Crippen molar-refractivity contribution in [3.63, 3.8) is 0 Å². The van der Waals surface area contributed by atoms with Crippen molar-refractivity contribution in [2.45, 2.75) is 33.1 Å². The number of aromatic nitrogens is 2. The van der Waals surface area contributed by atoms with Gasteiger partial charge in [-0.2, -0.15) is 5.10 Å². The molecule has 1 aromatic heterocycles. The van der Waals surface area contributed by atoms with Crippen LogP contribution in [0.5, 0.6) is 5.75 Å². The maximum atomic E-state index is 6.11. The third-order valence-electron chi connectivity index (χ3n) is 4.07. The van der Waals surface area contributed by atoms with E-state index in [1.807, 2.05) is 0 Å². The van der Waals surface area contributed by atoms with Gasteiger partial charge in [-0.05, 0) is 49.8 Å². The molecule has 0 unspecified atom stereocenters. The summed E-state index contributed by atoms with van der Waals surface area (Å²) in [4.78, 5) is 0. The van der Waals surface area contributed by atoms with Gasteiger partial charge in [0, 0.05) is 11.1 Å². The predicted octanol–water partition coefficient (Wildman–Crippen LogP) is 3.45. The molecule has 0 atom stereocenters. The van der Waals surface area contributed by atoms with Gasteiger partial charge in [0.1, 0.15) is 11.6 Å². The van der Waals surface area contributed by atoms with Gasteiger partial charge in [-0.3, -0.25) is 5.10 Å². The van der Waals surface area contributed by atoms with E-state index in [-0.39, 0.29) is 0 Å². The zero-order chi connectivity index (χ0) is 14.1. The second-order valence-corrected chi connectivity index (χ2v) is 5.76. The van der Waals surface area contributed by atoms with Crippen molar-refractivity contribution in [1.82, 2.24) is 10.2 Å². The van der Waals surface area contributed by atoms with E-state index in [0.29, 0.717) is 11.7 Å². The van der Waals surface area contributed by atoms with Gasteiger partial charge >= 0.3 is 0 Å². The van der Waals surface area contributed by atoms with Crippen LogP contribution >= 0.6 is 0 Å². The highest BCUT2D eigenvalue weighted by Gasteiger charge is 2.20. The molecule has 0 saturated heterocycles. The second kappa shape index (κ2) is 5.19. The summed E-state index contributed by atoms with van der Waals surface area (Å²) in [5, 5.41) is 6.81. The highest BCUT2D eigenvalue weighted by atomic mass is 16.5. The number of aromatic amines is 1. The van der Waals surface area contributed by atoms with Crippen LogP contribution in [0, 0.1) is 19.8 Å². The minimum Gasteiger partial charge on any atom is -0.492 e. The van der Waals surface area contributed by atoms with Gasteiger partial charge in [0.05, 0.1) is 12.8 Å². The number of H-pyrrole nitrogens is 1. The van der Waals surface area contributed by atoms with Gasteiger partial charge in [0.15, 0.2) is 0 Å². The van der Waals surface area contributed by atoms with Crippen LogP contribution in [-0.4, -0.2) is 16.8 Å². The lowest BCUT2D eigenvalue weighted by atomic mass is 9.86. The van der Waals surface area contributed by atoms with E-state index < -0.39 is 0 Å². The Morgan fingerprint density at radius 1 is 1.30 bits per heavy atom. The van der Waals surface area contributed by atoms with Gasteiger partial charge in [-0.15, -0.1) is 0 Å². The first-order valence-corrected chi connectivity index (χ1v) is 7.18. The van der Waals surface area contributed by atoms with Crippen LogP contribution in [0.3, 0.4) is 0 Å². The molecule has 1 aromatic carbocycles. The summed E-state index contributed by atoms with van der Waals surface area (Å²) in [6.45, 7) is 4.97. The van der Waals surface area contributed by atoms with E-state index in [1.165, 1.54) is 24.8 Å². The highest BCUT2D eigenvalue weighted by molar-refractivity contribution is 5.79. The lowest BCUT2D eigenvalue weighted by Gasteiger charge is -2.26. The van der Waals surface area contributed by atoms with Gasteiger partial charge < -0.3 is 10.5 Å². The van der Waals surface area contributed by atoms with Crippen LogP contribution in [0.4, 0.5) is 5.82 Å². The molecule has 1 aliphatic carbocycles. The molecule has 4 nitrogen and oxygen atoms in total. The van der Waals surface area contributed by atoms with Gasteiger partial charge in [0.25, 0.3) is 0 Å². The van der Waals surface area contributed by atoms with E-state index in [1.54, 1.807) is 6.20 Å². The number of hydrogen-bond donors (Lipinski definition) is 2. The summed E-state index contributed by atoms with van der Waals surface area (Å²) >= 11 is 0. The summed E-state index contributed by atoms with van der Waals surface area (Å²) in [7, 11) is 0. The van der Waals surface area contributed by atoms with E-state index in [4.69, 9.17) is 10.5 Å². The molecule has 0 aliphatic heterocycles. The molecule has 1 fully saturated rings. The Bertz CT molecular complexity index is 614. The van der Waals surface area contributed by atoms with Crippen LogP contribution in [0.2, 0.25) is 0 Å². The first-order chi connectivity index (χ1) is 9.65. The number of rotatable bonds is 4. The zero-order valence-electron chi connectivity index (χ0n) is 12.1. The van der Waals surface area contributed by atoms with Crippen molar-refractivity contribution in [2.75, 3.05) is 12.3 Å². The summed E-state index contributed by atoms with van der Waals surface area (Å²) < 4.78 is 6.11. The molecule has 3 N–H and O–H groups in total. The van der Waals surface area contributed by atoms with Crippen molar-refractivity contribution < 1.29 is 4.74 Å². The van der Waals surface area contributed by atoms with Gasteiger partial charge in [-0.1, -0.05) is 12.5 Å². The average molecular weight is 271 g/mol. The normalized spacial score (nSPS) is 15.1. The monoisotopic (exact) mass is 271 g/mol. The number of aryl methyl sites for hydroxylation is 2. The first-order valence-electron chi connectivity index (χ1n) is 7.18. The third kappa shape index (κ3) is 2.38. The summed E-state index contributed by atoms with van der Waals surface area (Å²) in [6, 6.07) is 4.26. The topological polar surface area (TPSA) is 63.9 Å². The van der Waals surface area contributed by atoms with Crippen molar-refractivity contribution in [3.05, 3.63) is 29.5 Å². The van der Waals surface area contributed by atoms with Crippen LogP contribution in [0.15, 0.2) is 18.3 Å². The molecule has 0 amide bonds. The second-order valence-electron chi connectivity index (χ2n) is 5.76. The fraction of sp³-hybridized carbons (Fsp3) is 0.438. The number of nitrogens with one attached hydrogen (secondary N) is 1. The van der Waals surface area contributed by atoms with Crippen molar-refractivity contribution in [3.8, 4) is 16.9 Å². The Kier molecular flexibility index (Phi) is 3.38. The summed E-state index contributed by atoms with van der Waals surface area (Å²) in [6.07, 6.45) is 5.67. The Hall–Kier alpha value is -1.97. The molecular formula is C16H21N3O. The molecule has 20 heavy (non-hydrogen) atoms. The molecule has 0 radical (unpaired) electrons. The van der Waals surface area contributed by atoms with Gasteiger partial charge in [0.2, 0.25) is 0 Å². The molecule has 0 spiro atoms. The van der Waals surface area contributed by atoms with Crippen molar-refractivity contribution in [1.29, 1.82) is 0 Å². The zero-order valence-corrected chi connectivity index (χ0v) is 12.1. The van der Waals surface area contributed by atoms with E-state index in [0.717, 1.165) is 29.0 Å². The quantitative estimate of drug-likeness (QED) is 0.895. The molecule has 3 rings (SSSR count). The van der Waals surface area contributed by atoms with E-state index in [9.17, 15) is 0 Å².